The van der Waals surface area contributed by atoms with Crippen molar-refractivity contribution in [3.63, 3.8) is 0 Å². The van der Waals surface area contributed by atoms with E-state index in [1.54, 1.807) is 12.3 Å². The summed E-state index contributed by atoms with van der Waals surface area (Å²) < 4.78 is 17.0. The largest absolute Gasteiger partial charge is 0.486 e. The molecule has 2 aromatic heterocycles. The maximum Gasteiger partial charge on any atom is 0.236 e. The van der Waals surface area contributed by atoms with Crippen LogP contribution >= 0.6 is 11.3 Å². The number of nitrogens with zero attached hydrogens (tertiary/aromatic N) is 3. The van der Waals surface area contributed by atoms with E-state index in [0.717, 1.165) is 5.56 Å². The molecule has 3 aromatic rings. The molecule has 1 amide bonds. The molecule has 1 aliphatic heterocycles. The zero-order chi connectivity index (χ0) is 23.2. The molecule has 3 heterocycles. The number of carbonyl (C=O) groups excluding carboxylic acids is 1. The third-order valence-corrected chi connectivity index (χ3v) is 5.74. The van der Waals surface area contributed by atoms with E-state index < -0.39 is 18.6 Å². The number of ether oxygens (including phenoxy) is 3. The Bertz CT molecular complexity index is 1190. The lowest BCUT2D eigenvalue weighted by atomic mass is 10.0. The SMILES string of the molecule is N#Cc1c(-c2ccc3c(c2)OCCO3)ccnc1OCc1nc(CNC(CO)C(N)=O)cs1. The number of nitrogens with two attached hydrogens (primary N) is 1. The fraction of sp³-hybridized carbons (Fsp3) is 0.273. The number of rotatable bonds is 9. The molecule has 1 atom stereocenters. The molecule has 4 N–H and O–H groups in total. The van der Waals surface area contributed by atoms with E-state index in [0.29, 0.717) is 46.5 Å². The van der Waals surface area contributed by atoms with Gasteiger partial charge in [0.1, 0.15) is 42.5 Å². The number of aliphatic hydroxyl groups is 1. The summed E-state index contributed by atoms with van der Waals surface area (Å²) in [5.74, 6) is 0.869. The van der Waals surface area contributed by atoms with E-state index in [1.807, 2.05) is 23.6 Å². The van der Waals surface area contributed by atoms with E-state index in [2.05, 4.69) is 21.4 Å². The van der Waals surface area contributed by atoms with Crippen LogP contribution in [-0.2, 0) is 17.9 Å². The van der Waals surface area contributed by atoms with Crippen LogP contribution in [0.4, 0.5) is 0 Å². The molecule has 0 fully saturated rings. The number of aliphatic hydroxyl groups excluding tert-OH is 1. The molecule has 0 radical (unpaired) electrons. The molecule has 11 heteroatoms. The van der Waals surface area contributed by atoms with E-state index >= 15 is 0 Å². The van der Waals surface area contributed by atoms with Crippen molar-refractivity contribution in [3.8, 4) is 34.6 Å². The summed E-state index contributed by atoms with van der Waals surface area (Å²) in [6, 6.07) is 8.60. The van der Waals surface area contributed by atoms with E-state index in [9.17, 15) is 10.1 Å². The van der Waals surface area contributed by atoms with Crippen LogP contribution in [0.1, 0.15) is 16.3 Å². The summed E-state index contributed by atoms with van der Waals surface area (Å²) in [5.41, 5.74) is 7.64. The van der Waals surface area contributed by atoms with Crippen LogP contribution in [-0.4, -0.2) is 46.8 Å². The van der Waals surface area contributed by atoms with Crippen LogP contribution in [0, 0.1) is 11.3 Å². The van der Waals surface area contributed by atoms with Crippen LogP contribution in [0.2, 0.25) is 0 Å². The van der Waals surface area contributed by atoms with Crippen LogP contribution < -0.4 is 25.3 Å². The molecule has 0 saturated carbocycles. The molecule has 1 aliphatic rings. The first-order valence-corrected chi connectivity index (χ1v) is 11.0. The molecule has 1 aromatic carbocycles. The first kappa shape index (κ1) is 22.5. The van der Waals surface area contributed by atoms with Gasteiger partial charge < -0.3 is 25.1 Å². The Balaban J connectivity index is 1.46. The number of nitrogens with one attached hydrogen (secondary N) is 1. The van der Waals surface area contributed by atoms with Gasteiger partial charge in [0.15, 0.2) is 11.5 Å². The molecule has 0 spiro atoms. The van der Waals surface area contributed by atoms with Crippen molar-refractivity contribution in [2.75, 3.05) is 19.8 Å². The highest BCUT2D eigenvalue weighted by Gasteiger charge is 2.18. The summed E-state index contributed by atoms with van der Waals surface area (Å²) >= 11 is 1.37. The highest BCUT2D eigenvalue weighted by atomic mass is 32.1. The zero-order valence-corrected chi connectivity index (χ0v) is 18.3. The number of amides is 1. The molecule has 170 valence electrons. The number of pyridine rings is 1. The van der Waals surface area contributed by atoms with Crippen molar-refractivity contribution in [1.29, 1.82) is 5.26 Å². The van der Waals surface area contributed by atoms with Gasteiger partial charge in [0.25, 0.3) is 0 Å². The topological polar surface area (TPSA) is 153 Å². The monoisotopic (exact) mass is 467 g/mol. The van der Waals surface area contributed by atoms with Crippen LogP contribution in [0.3, 0.4) is 0 Å². The van der Waals surface area contributed by atoms with Crippen molar-refractivity contribution in [2.24, 2.45) is 5.73 Å². The summed E-state index contributed by atoms with van der Waals surface area (Å²) in [4.78, 5) is 19.8. The molecular formula is C22H21N5O5S. The second-order valence-corrected chi connectivity index (χ2v) is 7.99. The average molecular weight is 468 g/mol. The van der Waals surface area contributed by atoms with Crippen LogP contribution in [0.25, 0.3) is 11.1 Å². The minimum atomic E-state index is -0.836. The second-order valence-electron chi connectivity index (χ2n) is 7.05. The molecule has 1 unspecified atom stereocenters. The molecule has 0 aliphatic carbocycles. The summed E-state index contributed by atoms with van der Waals surface area (Å²) in [6.07, 6.45) is 1.58. The number of hydrogen-bond acceptors (Lipinski definition) is 10. The van der Waals surface area contributed by atoms with Gasteiger partial charge in [-0.3, -0.25) is 10.1 Å². The maximum absolute atomic E-state index is 11.2. The van der Waals surface area contributed by atoms with Gasteiger partial charge in [0.2, 0.25) is 11.8 Å². The Morgan fingerprint density at radius 2 is 2.15 bits per heavy atom. The van der Waals surface area contributed by atoms with Crippen molar-refractivity contribution in [3.05, 3.63) is 52.1 Å². The Kier molecular flexibility index (Phi) is 6.99. The number of nitriles is 1. The van der Waals surface area contributed by atoms with E-state index in [4.69, 9.17) is 25.1 Å². The Hall–Kier alpha value is -3.72. The van der Waals surface area contributed by atoms with E-state index in [1.165, 1.54) is 11.3 Å². The van der Waals surface area contributed by atoms with Gasteiger partial charge in [-0.05, 0) is 23.8 Å². The normalized spacial score (nSPS) is 13.2. The maximum atomic E-state index is 11.2. The standard InChI is InChI=1S/C22H21N5O5S/c23-8-16-15(13-1-2-18-19(7-13)31-6-5-30-18)3-4-25-22(16)32-11-20-27-14(12-33-20)9-26-17(10-28)21(24)29/h1-4,7,12,17,26,28H,5-6,9-11H2,(H2,24,29). The van der Waals surface area contributed by atoms with Gasteiger partial charge in [-0.1, -0.05) is 6.07 Å². The second kappa shape index (κ2) is 10.3. The van der Waals surface area contributed by atoms with Gasteiger partial charge >= 0.3 is 0 Å². The number of aromatic nitrogens is 2. The molecule has 0 saturated heterocycles. The fourth-order valence-electron chi connectivity index (χ4n) is 3.22. The zero-order valence-electron chi connectivity index (χ0n) is 17.5. The van der Waals surface area contributed by atoms with E-state index in [-0.39, 0.29) is 19.0 Å². The highest BCUT2D eigenvalue weighted by Crippen LogP contribution is 2.37. The predicted molar refractivity (Wildman–Crippen MR) is 119 cm³/mol. The quantitative estimate of drug-likeness (QED) is 0.423. The number of fused-ring (bicyclic) bond motifs is 1. The van der Waals surface area contributed by atoms with Crippen molar-refractivity contribution >= 4 is 17.2 Å². The lowest BCUT2D eigenvalue weighted by molar-refractivity contribution is -0.120. The first-order valence-electron chi connectivity index (χ1n) is 10.1. The summed E-state index contributed by atoms with van der Waals surface area (Å²) in [6.45, 7) is 0.978. The van der Waals surface area contributed by atoms with Crippen molar-refractivity contribution in [2.45, 2.75) is 19.2 Å². The van der Waals surface area contributed by atoms with Gasteiger partial charge in [0, 0.05) is 23.7 Å². The summed E-state index contributed by atoms with van der Waals surface area (Å²) in [5, 5.41) is 24.3. The van der Waals surface area contributed by atoms with Gasteiger partial charge in [0.05, 0.1) is 12.3 Å². The minimum Gasteiger partial charge on any atom is -0.486 e. The number of benzene rings is 1. The number of primary amides is 1. The molecule has 4 rings (SSSR count). The highest BCUT2D eigenvalue weighted by molar-refractivity contribution is 7.09. The fourth-order valence-corrected chi connectivity index (χ4v) is 3.93. The van der Waals surface area contributed by atoms with Crippen LogP contribution in [0.15, 0.2) is 35.8 Å². The van der Waals surface area contributed by atoms with Gasteiger partial charge in [-0.25, -0.2) is 9.97 Å². The molecular weight excluding hydrogens is 446 g/mol. The minimum absolute atomic E-state index is 0.121. The summed E-state index contributed by atoms with van der Waals surface area (Å²) in [7, 11) is 0. The number of thiazole rings is 1. The first-order chi connectivity index (χ1) is 16.1. The van der Waals surface area contributed by atoms with Gasteiger partial charge in [-0.15, -0.1) is 11.3 Å². The third-order valence-electron chi connectivity index (χ3n) is 4.87. The third kappa shape index (κ3) is 5.20. The van der Waals surface area contributed by atoms with Crippen molar-refractivity contribution in [1.82, 2.24) is 15.3 Å². The van der Waals surface area contributed by atoms with Crippen LogP contribution in [0.5, 0.6) is 17.4 Å². The predicted octanol–water partition coefficient (Wildman–Crippen LogP) is 1.36. The Morgan fingerprint density at radius 3 is 2.91 bits per heavy atom. The molecule has 33 heavy (non-hydrogen) atoms. The molecule has 0 bridgehead atoms. The van der Waals surface area contributed by atoms with Crippen molar-refractivity contribution < 1.29 is 24.1 Å². The lowest BCUT2D eigenvalue weighted by Crippen LogP contribution is -2.43. The Labute approximate surface area is 193 Å². The smallest absolute Gasteiger partial charge is 0.236 e. The average Bonchev–Trinajstić information content (AvgIpc) is 3.30. The number of carbonyl (C=O) groups is 1. The Morgan fingerprint density at radius 1 is 1.33 bits per heavy atom. The molecule has 10 nitrogen and oxygen atoms in total. The lowest BCUT2D eigenvalue weighted by Gasteiger charge is -2.19. The van der Waals surface area contributed by atoms with Gasteiger partial charge in [-0.2, -0.15) is 5.26 Å². The number of hydrogen-bond donors (Lipinski definition) is 3.